The van der Waals surface area contributed by atoms with Crippen molar-refractivity contribution in [2.75, 3.05) is 11.9 Å². The highest BCUT2D eigenvalue weighted by atomic mass is 19.1. The quantitative estimate of drug-likeness (QED) is 0.829. The van der Waals surface area contributed by atoms with Crippen LogP contribution in [-0.2, 0) is 0 Å². The standard InChI is InChI=1S/C15H11F2N3O/c16-11-4-6-14(19-9-11)20-15(21)12-5-3-10(2-1-7-18)8-13(12)17/h3-6,8-9H,7,18H2,(H,19,20,21). The number of pyridine rings is 1. The average molecular weight is 287 g/mol. The lowest BCUT2D eigenvalue weighted by Crippen LogP contribution is -2.14. The van der Waals surface area contributed by atoms with Gasteiger partial charge in [0.25, 0.3) is 5.91 Å². The van der Waals surface area contributed by atoms with Crippen molar-refractivity contribution >= 4 is 11.7 Å². The molecule has 3 N–H and O–H groups in total. The number of anilines is 1. The predicted molar refractivity (Wildman–Crippen MR) is 74.5 cm³/mol. The number of nitrogens with zero attached hydrogens (tertiary/aromatic N) is 1. The summed E-state index contributed by atoms with van der Waals surface area (Å²) in [5, 5.41) is 2.38. The minimum absolute atomic E-state index is 0.132. The van der Waals surface area contributed by atoms with E-state index in [4.69, 9.17) is 5.73 Å². The largest absolute Gasteiger partial charge is 0.320 e. The molecule has 0 spiro atoms. The van der Waals surface area contributed by atoms with E-state index >= 15 is 0 Å². The van der Waals surface area contributed by atoms with Gasteiger partial charge in [0.2, 0.25) is 0 Å². The maximum Gasteiger partial charge on any atom is 0.259 e. The first-order valence-electron chi connectivity index (χ1n) is 6.01. The lowest BCUT2D eigenvalue weighted by atomic mass is 10.1. The second kappa shape index (κ2) is 6.59. The van der Waals surface area contributed by atoms with Crippen molar-refractivity contribution in [2.45, 2.75) is 0 Å². The number of benzene rings is 1. The van der Waals surface area contributed by atoms with Gasteiger partial charge in [0, 0.05) is 5.56 Å². The molecule has 4 nitrogen and oxygen atoms in total. The molecule has 1 amide bonds. The van der Waals surface area contributed by atoms with E-state index in [9.17, 15) is 13.6 Å². The van der Waals surface area contributed by atoms with Crippen molar-refractivity contribution in [1.82, 2.24) is 4.98 Å². The number of halogens is 2. The fraction of sp³-hybridized carbons (Fsp3) is 0.0667. The van der Waals surface area contributed by atoms with E-state index in [0.29, 0.717) is 5.56 Å². The first-order valence-corrected chi connectivity index (χ1v) is 6.01. The second-order valence-corrected chi connectivity index (χ2v) is 4.02. The molecule has 0 atom stereocenters. The van der Waals surface area contributed by atoms with Crippen LogP contribution in [0.25, 0.3) is 0 Å². The minimum atomic E-state index is -0.710. The van der Waals surface area contributed by atoms with Crippen molar-refractivity contribution in [3.05, 3.63) is 59.3 Å². The van der Waals surface area contributed by atoms with Crippen LogP contribution in [0.5, 0.6) is 0 Å². The van der Waals surface area contributed by atoms with Crippen LogP contribution in [0.2, 0.25) is 0 Å². The Bertz CT molecular complexity index is 718. The monoisotopic (exact) mass is 287 g/mol. The van der Waals surface area contributed by atoms with Gasteiger partial charge < -0.3 is 11.1 Å². The number of hydrogen-bond donors (Lipinski definition) is 2. The third-order valence-corrected chi connectivity index (χ3v) is 2.52. The number of aromatic nitrogens is 1. The van der Waals surface area contributed by atoms with Crippen LogP contribution in [0.3, 0.4) is 0 Å². The zero-order chi connectivity index (χ0) is 15.2. The lowest BCUT2D eigenvalue weighted by molar-refractivity contribution is 0.102. The third-order valence-electron chi connectivity index (χ3n) is 2.52. The van der Waals surface area contributed by atoms with Crippen LogP contribution in [-0.4, -0.2) is 17.4 Å². The van der Waals surface area contributed by atoms with Gasteiger partial charge in [-0.15, -0.1) is 0 Å². The second-order valence-electron chi connectivity index (χ2n) is 4.02. The Balaban J connectivity index is 2.17. The molecule has 21 heavy (non-hydrogen) atoms. The van der Waals surface area contributed by atoms with Crippen LogP contribution in [0.1, 0.15) is 15.9 Å². The first kappa shape index (κ1) is 14.6. The summed E-state index contributed by atoms with van der Waals surface area (Å²) in [4.78, 5) is 15.6. The molecule has 1 heterocycles. The summed E-state index contributed by atoms with van der Waals surface area (Å²) in [5.41, 5.74) is 5.50. The number of carbonyl (C=O) groups excluding carboxylic acids is 1. The molecule has 0 aliphatic heterocycles. The van der Waals surface area contributed by atoms with Gasteiger partial charge in [-0.3, -0.25) is 4.79 Å². The molecule has 1 aromatic heterocycles. The van der Waals surface area contributed by atoms with Gasteiger partial charge in [-0.1, -0.05) is 11.8 Å². The maximum atomic E-state index is 13.9. The smallest absolute Gasteiger partial charge is 0.259 e. The highest BCUT2D eigenvalue weighted by Gasteiger charge is 2.12. The van der Waals surface area contributed by atoms with Crippen LogP contribution >= 0.6 is 0 Å². The molecule has 0 unspecified atom stereocenters. The molecule has 0 aliphatic carbocycles. The molecule has 0 aliphatic rings. The van der Waals surface area contributed by atoms with Crippen molar-refractivity contribution in [1.29, 1.82) is 0 Å². The van der Waals surface area contributed by atoms with E-state index in [1.54, 1.807) is 0 Å². The van der Waals surface area contributed by atoms with Crippen LogP contribution in [0, 0.1) is 23.5 Å². The zero-order valence-corrected chi connectivity index (χ0v) is 10.9. The Labute approximate surface area is 120 Å². The Morgan fingerprint density at radius 2 is 2.10 bits per heavy atom. The van der Waals surface area contributed by atoms with Gasteiger partial charge in [0.15, 0.2) is 0 Å². The summed E-state index contributed by atoms with van der Waals surface area (Å²) in [6, 6.07) is 6.40. The number of hydrogen-bond acceptors (Lipinski definition) is 3. The Kier molecular flexibility index (Phi) is 4.59. The normalized spacial score (nSPS) is 9.67. The predicted octanol–water partition coefficient (Wildman–Crippen LogP) is 1.92. The van der Waals surface area contributed by atoms with E-state index in [1.807, 2.05) is 0 Å². The molecule has 0 saturated carbocycles. The van der Waals surface area contributed by atoms with Crippen LogP contribution in [0.4, 0.5) is 14.6 Å². The fourth-order valence-corrected chi connectivity index (χ4v) is 1.56. The maximum absolute atomic E-state index is 13.9. The van der Waals surface area contributed by atoms with Gasteiger partial charge in [-0.2, -0.15) is 0 Å². The molecule has 0 saturated heterocycles. The van der Waals surface area contributed by atoms with E-state index < -0.39 is 17.5 Å². The van der Waals surface area contributed by atoms with Gasteiger partial charge in [-0.05, 0) is 30.3 Å². The number of nitrogens with one attached hydrogen (secondary N) is 1. The van der Waals surface area contributed by atoms with Crippen LogP contribution < -0.4 is 11.1 Å². The zero-order valence-electron chi connectivity index (χ0n) is 10.9. The number of rotatable bonds is 2. The number of nitrogens with two attached hydrogens (primary N) is 1. The van der Waals surface area contributed by atoms with E-state index in [2.05, 4.69) is 22.1 Å². The number of amides is 1. The van der Waals surface area contributed by atoms with Gasteiger partial charge in [0.1, 0.15) is 17.5 Å². The lowest BCUT2D eigenvalue weighted by Gasteiger charge is -2.05. The Morgan fingerprint density at radius 3 is 2.71 bits per heavy atom. The van der Waals surface area contributed by atoms with Crippen molar-refractivity contribution < 1.29 is 13.6 Å². The molecule has 0 fully saturated rings. The van der Waals surface area contributed by atoms with Crippen molar-refractivity contribution in [2.24, 2.45) is 5.73 Å². The summed E-state index contributed by atoms with van der Waals surface area (Å²) in [5.74, 6) is 3.48. The third kappa shape index (κ3) is 3.84. The molecule has 1 aromatic carbocycles. The van der Waals surface area contributed by atoms with Crippen molar-refractivity contribution in [3.63, 3.8) is 0 Å². The van der Waals surface area contributed by atoms with Gasteiger partial charge >= 0.3 is 0 Å². The topological polar surface area (TPSA) is 68.0 Å². The molecule has 0 radical (unpaired) electrons. The minimum Gasteiger partial charge on any atom is -0.320 e. The molecule has 0 bridgehead atoms. The molecule has 106 valence electrons. The molecule has 2 aromatic rings. The molecule has 2 rings (SSSR count). The highest BCUT2D eigenvalue weighted by molar-refractivity contribution is 6.04. The Hall–Kier alpha value is -2.78. The molecular formula is C15H11F2N3O. The molecular weight excluding hydrogens is 276 g/mol. The molecule has 6 heteroatoms. The highest BCUT2D eigenvalue weighted by Crippen LogP contribution is 2.12. The van der Waals surface area contributed by atoms with Crippen molar-refractivity contribution in [3.8, 4) is 11.8 Å². The summed E-state index contributed by atoms with van der Waals surface area (Å²) in [6.45, 7) is 0.167. The van der Waals surface area contributed by atoms with E-state index in [1.165, 1.54) is 18.2 Å². The summed E-state index contributed by atoms with van der Waals surface area (Å²) < 4.78 is 26.6. The fourth-order valence-electron chi connectivity index (χ4n) is 1.56. The average Bonchev–Trinajstić information content (AvgIpc) is 2.47. The number of carbonyl (C=O) groups is 1. The summed E-state index contributed by atoms with van der Waals surface area (Å²) in [7, 11) is 0. The van der Waals surface area contributed by atoms with Gasteiger partial charge in [-0.25, -0.2) is 13.8 Å². The summed E-state index contributed by atoms with van der Waals surface area (Å²) in [6.07, 6.45) is 0.956. The first-order chi connectivity index (χ1) is 10.1. The summed E-state index contributed by atoms with van der Waals surface area (Å²) >= 11 is 0. The Morgan fingerprint density at radius 1 is 1.29 bits per heavy atom. The SMILES string of the molecule is NCC#Cc1ccc(C(=O)Nc2ccc(F)cn2)c(F)c1. The van der Waals surface area contributed by atoms with Gasteiger partial charge in [0.05, 0.1) is 18.3 Å². The van der Waals surface area contributed by atoms with E-state index in [0.717, 1.165) is 18.3 Å². The van der Waals surface area contributed by atoms with E-state index in [-0.39, 0.29) is 17.9 Å². The van der Waals surface area contributed by atoms with Crippen LogP contribution in [0.15, 0.2) is 36.5 Å².